The van der Waals surface area contributed by atoms with Crippen LogP contribution in [0.25, 0.3) is 0 Å². The molecule has 3 aromatic rings. The fraction of sp³-hybridized carbons (Fsp3) is 0.310. The Morgan fingerprint density at radius 1 is 0.949 bits per heavy atom. The Morgan fingerprint density at radius 3 is 2.15 bits per heavy atom. The van der Waals surface area contributed by atoms with Gasteiger partial charge in [0.15, 0.2) is 0 Å². The summed E-state index contributed by atoms with van der Waals surface area (Å²) in [6.45, 7) is 6.80. The van der Waals surface area contributed by atoms with E-state index in [4.69, 9.17) is 11.6 Å². The molecule has 0 aliphatic rings. The Labute approximate surface area is 234 Å². The smallest absolute Gasteiger partial charge is 0.264 e. The molecule has 39 heavy (non-hydrogen) atoms. The highest BCUT2D eigenvalue weighted by Gasteiger charge is 2.32. The molecule has 0 saturated heterocycles. The zero-order valence-electron chi connectivity index (χ0n) is 22.4. The molecule has 2 amide bonds. The quantitative estimate of drug-likeness (QED) is 0.343. The largest absolute Gasteiger partial charge is 0.354 e. The van der Waals surface area contributed by atoms with Crippen LogP contribution in [0.2, 0.25) is 5.02 Å². The summed E-state index contributed by atoms with van der Waals surface area (Å²) < 4.78 is 43.1. The van der Waals surface area contributed by atoms with Crippen LogP contribution in [-0.2, 0) is 26.2 Å². The lowest BCUT2D eigenvalue weighted by molar-refractivity contribution is -0.139. The number of aryl methyl sites for hydroxylation is 1. The van der Waals surface area contributed by atoms with Gasteiger partial charge in [0.25, 0.3) is 10.0 Å². The number of nitrogens with zero attached hydrogens (tertiary/aromatic N) is 2. The first-order valence-electron chi connectivity index (χ1n) is 12.6. The first-order chi connectivity index (χ1) is 18.4. The van der Waals surface area contributed by atoms with E-state index in [9.17, 15) is 22.4 Å². The predicted octanol–water partition coefficient (Wildman–Crippen LogP) is 5.17. The van der Waals surface area contributed by atoms with Gasteiger partial charge in [0.2, 0.25) is 11.8 Å². The lowest BCUT2D eigenvalue weighted by Gasteiger charge is -2.32. The number of carbonyl (C=O) groups is 2. The number of halogens is 2. The van der Waals surface area contributed by atoms with Crippen molar-refractivity contribution in [1.29, 1.82) is 0 Å². The van der Waals surface area contributed by atoms with Crippen molar-refractivity contribution in [3.8, 4) is 0 Å². The van der Waals surface area contributed by atoms with Crippen molar-refractivity contribution in [1.82, 2.24) is 10.2 Å². The van der Waals surface area contributed by atoms with E-state index >= 15 is 0 Å². The number of anilines is 1. The summed E-state index contributed by atoms with van der Waals surface area (Å²) in [5.41, 5.74) is 1.30. The molecule has 0 aromatic heterocycles. The zero-order valence-corrected chi connectivity index (χ0v) is 24.0. The van der Waals surface area contributed by atoms with Crippen LogP contribution in [-0.4, -0.2) is 44.3 Å². The van der Waals surface area contributed by atoms with Crippen molar-refractivity contribution in [3.05, 3.63) is 94.8 Å². The van der Waals surface area contributed by atoms with Crippen LogP contribution in [0.5, 0.6) is 0 Å². The van der Waals surface area contributed by atoms with Gasteiger partial charge in [-0.1, -0.05) is 61.3 Å². The maximum absolute atomic E-state index is 14.6. The third-order valence-electron chi connectivity index (χ3n) is 6.15. The van der Waals surface area contributed by atoms with Gasteiger partial charge < -0.3 is 10.2 Å². The molecule has 1 N–H and O–H groups in total. The van der Waals surface area contributed by atoms with Gasteiger partial charge in [-0.3, -0.25) is 13.9 Å². The molecular formula is C29H33ClFN3O4S. The zero-order chi connectivity index (χ0) is 28.7. The van der Waals surface area contributed by atoms with Crippen molar-refractivity contribution in [2.24, 2.45) is 5.92 Å². The summed E-state index contributed by atoms with van der Waals surface area (Å²) in [5, 5.41) is 3.19. The van der Waals surface area contributed by atoms with E-state index in [1.165, 1.54) is 66.4 Å². The number of carbonyl (C=O) groups excluding carboxylic acids is 2. The molecule has 10 heteroatoms. The van der Waals surface area contributed by atoms with E-state index in [1.54, 1.807) is 18.2 Å². The molecule has 0 radical (unpaired) electrons. The van der Waals surface area contributed by atoms with Gasteiger partial charge in [0.1, 0.15) is 18.4 Å². The molecule has 0 spiro atoms. The van der Waals surface area contributed by atoms with E-state index in [0.717, 1.165) is 9.87 Å². The molecule has 0 bridgehead atoms. The molecule has 0 unspecified atom stereocenters. The first kappa shape index (κ1) is 30.1. The summed E-state index contributed by atoms with van der Waals surface area (Å²) in [7, 11) is -4.19. The number of hydrogen-bond donors (Lipinski definition) is 1. The summed E-state index contributed by atoms with van der Waals surface area (Å²) in [6, 6.07) is 17.3. The first-order valence-corrected chi connectivity index (χ1v) is 14.4. The molecular weight excluding hydrogens is 541 g/mol. The Hall–Kier alpha value is -3.43. The third-order valence-corrected chi connectivity index (χ3v) is 8.19. The minimum absolute atomic E-state index is 0.000714. The molecule has 3 aromatic carbocycles. The summed E-state index contributed by atoms with van der Waals surface area (Å²) in [4.78, 5) is 28.0. The molecule has 0 fully saturated rings. The number of sulfonamides is 1. The van der Waals surface area contributed by atoms with Crippen LogP contribution in [0.15, 0.2) is 77.7 Å². The summed E-state index contributed by atoms with van der Waals surface area (Å²) >= 11 is 6.03. The van der Waals surface area contributed by atoms with Crippen LogP contribution in [0.1, 0.15) is 31.9 Å². The molecule has 0 aliphatic heterocycles. The SMILES string of the molecule is Cc1ccc(S(=O)(=O)N(CC(=O)N(Cc2ccccc2F)[C@@H](C)C(=O)NCC(C)C)c2ccc(Cl)cc2)cc1. The average Bonchev–Trinajstić information content (AvgIpc) is 2.90. The van der Waals surface area contributed by atoms with Crippen LogP contribution in [0.4, 0.5) is 10.1 Å². The summed E-state index contributed by atoms with van der Waals surface area (Å²) in [5.74, 6) is -1.45. The fourth-order valence-electron chi connectivity index (χ4n) is 3.82. The van der Waals surface area contributed by atoms with E-state index in [1.807, 2.05) is 20.8 Å². The van der Waals surface area contributed by atoms with Gasteiger partial charge in [-0.15, -0.1) is 0 Å². The van der Waals surface area contributed by atoms with Crippen molar-refractivity contribution in [2.45, 2.75) is 45.2 Å². The van der Waals surface area contributed by atoms with Gasteiger partial charge in [0.05, 0.1) is 10.6 Å². The second kappa shape index (κ2) is 13.1. The molecule has 0 heterocycles. The van der Waals surface area contributed by atoms with Crippen LogP contribution in [0, 0.1) is 18.7 Å². The fourth-order valence-corrected chi connectivity index (χ4v) is 5.36. The Kier molecular flexibility index (Phi) is 10.1. The highest BCUT2D eigenvalue weighted by atomic mass is 35.5. The minimum atomic E-state index is -4.19. The average molecular weight is 574 g/mol. The molecule has 0 saturated carbocycles. The molecule has 1 atom stereocenters. The molecule has 7 nitrogen and oxygen atoms in total. The Balaban J connectivity index is 2.01. The van der Waals surface area contributed by atoms with E-state index < -0.39 is 40.2 Å². The summed E-state index contributed by atoms with van der Waals surface area (Å²) in [6.07, 6.45) is 0. The van der Waals surface area contributed by atoms with Crippen molar-refractivity contribution in [3.63, 3.8) is 0 Å². The number of hydrogen-bond acceptors (Lipinski definition) is 4. The lowest BCUT2D eigenvalue weighted by atomic mass is 10.1. The maximum atomic E-state index is 14.6. The molecule has 208 valence electrons. The lowest BCUT2D eigenvalue weighted by Crippen LogP contribution is -2.51. The predicted molar refractivity (Wildman–Crippen MR) is 151 cm³/mol. The van der Waals surface area contributed by atoms with Gasteiger partial charge in [-0.05, 0) is 62.2 Å². The van der Waals surface area contributed by atoms with Crippen LogP contribution >= 0.6 is 11.6 Å². The van der Waals surface area contributed by atoms with E-state index in [-0.39, 0.29) is 28.6 Å². The Morgan fingerprint density at radius 2 is 1.56 bits per heavy atom. The van der Waals surface area contributed by atoms with Gasteiger partial charge in [0, 0.05) is 23.7 Å². The highest BCUT2D eigenvalue weighted by Crippen LogP contribution is 2.26. The number of rotatable bonds is 11. The van der Waals surface area contributed by atoms with Crippen molar-refractivity contribution in [2.75, 3.05) is 17.4 Å². The Bertz CT molecular complexity index is 1400. The minimum Gasteiger partial charge on any atom is -0.354 e. The van der Waals surface area contributed by atoms with E-state index in [0.29, 0.717) is 11.6 Å². The highest BCUT2D eigenvalue weighted by molar-refractivity contribution is 7.92. The monoisotopic (exact) mass is 573 g/mol. The topological polar surface area (TPSA) is 86.8 Å². The normalized spacial score (nSPS) is 12.2. The second-order valence-electron chi connectivity index (χ2n) is 9.73. The number of nitrogens with one attached hydrogen (secondary N) is 1. The van der Waals surface area contributed by atoms with E-state index in [2.05, 4.69) is 5.32 Å². The molecule has 0 aliphatic carbocycles. The number of benzene rings is 3. The number of amides is 2. The van der Waals surface area contributed by atoms with Crippen LogP contribution < -0.4 is 9.62 Å². The standard InChI is InChI=1S/C29H33ClFN3O4S/c1-20(2)17-32-29(36)22(4)33(18-23-7-5-6-8-27(23)31)28(35)19-34(25-13-11-24(30)12-14-25)39(37,38)26-15-9-21(3)10-16-26/h5-16,20,22H,17-19H2,1-4H3,(H,32,36)/t22-/m0/s1. The third kappa shape index (κ3) is 7.80. The van der Waals surface area contributed by atoms with Gasteiger partial charge in [-0.25, -0.2) is 12.8 Å². The van der Waals surface area contributed by atoms with Gasteiger partial charge >= 0.3 is 0 Å². The van der Waals surface area contributed by atoms with Gasteiger partial charge in [-0.2, -0.15) is 0 Å². The molecule has 3 rings (SSSR count). The van der Waals surface area contributed by atoms with Crippen molar-refractivity contribution >= 4 is 39.1 Å². The second-order valence-corrected chi connectivity index (χ2v) is 12.0. The van der Waals surface area contributed by atoms with Crippen LogP contribution in [0.3, 0.4) is 0 Å². The van der Waals surface area contributed by atoms with Crippen molar-refractivity contribution < 1.29 is 22.4 Å². The maximum Gasteiger partial charge on any atom is 0.264 e.